The van der Waals surface area contributed by atoms with E-state index in [0.717, 1.165) is 0 Å². The lowest BCUT2D eigenvalue weighted by Crippen LogP contribution is -2.35. The van der Waals surface area contributed by atoms with Gasteiger partial charge in [-0.25, -0.2) is 4.79 Å². The van der Waals surface area contributed by atoms with Gasteiger partial charge in [-0.05, 0) is 18.1 Å². The Morgan fingerprint density at radius 3 is 2.58 bits per heavy atom. The maximum Gasteiger partial charge on any atom is 0.328 e. The van der Waals surface area contributed by atoms with Crippen molar-refractivity contribution in [1.29, 1.82) is 0 Å². The first-order valence-corrected chi connectivity index (χ1v) is 5.75. The monoisotopic (exact) mass is 267 g/mol. The standard InChI is InChI=1S/C12H17N3O4/c1-7(2)10(12(16)19-3)14-9-6-4-5-8(13)11(9)15(17)18/h4-7,10,14H,13H2,1-3H3. The Morgan fingerprint density at radius 2 is 2.11 bits per heavy atom. The summed E-state index contributed by atoms with van der Waals surface area (Å²) in [7, 11) is 1.27. The van der Waals surface area contributed by atoms with Crippen LogP contribution in [-0.4, -0.2) is 24.0 Å². The summed E-state index contributed by atoms with van der Waals surface area (Å²) in [5.74, 6) is -0.569. The molecule has 0 heterocycles. The van der Waals surface area contributed by atoms with Gasteiger partial charge in [-0.1, -0.05) is 19.9 Å². The molecule has 0 bridgehead atoms. The van der Waals surface area contributed by atoms with Crippen LogP contribution in [0.1, 0.15) is 13.8 Å². The average molecular weight is 267 g/mol. The van der Waals surface area contributed by atoms with E-state index >= 15 is 0 Å². The lowest BCUT2D eigenvalue weighted by molar-refractivity contribution is -0.383. The van der Waals surface area contributed by atoms with Gasteiger partial charge in [-0.3, -0.25) is 10.1 Å². The lowest BCUT2D eigenvalue weighted by atomic mass is 10.0. The van der Waals surface area contributed by atoms with Gasteiger partial charge in [-0.15, -0.1) is 0 Å². The molecular weight excluding hydrogens is 250 g/mol. The van der Waals surface area contributed by atoms with Crippen LogP contribution in [0.3, 0.4) is 0 Å². The average Bonchev–Trinajstić information content (AvgIpc) is 2.34. The Kier molecular flexibility index (Phi) is 4.68. The van der Waals surface area contributed by atoms with Gasteiger partial charge in [0, 0.05) is 0 Å². The Morgan fingerprint density at radius 1 is 1.47 bits per heavy atom. The summed E-state index contributed by atoms with van der Waals surface area (Å²) >= 11 is 0. The largest absolute Gasteiger partial charge is 0.467 e. The van der Waals surface area contributed by atoms with Gasteiger partial charge in [0.25, 0.3) is 0 Å². The molecule has 0 aromatic heterocycles. The molecule has 0 saturated carbocycles. The smallest absolute Gasteiger partial charge is 0.328 e. The van der Waals surface area contributed by atoms with E-state index in [1.807, 2.05) is 13.8 Å². The van der Waals surface area contributed by atoms with Crippen molar-refractivity contribution in [2.45, 2.75) is 19.9 Å². The van der Waals surface area contributed by atoms with Crippen LogP contribution in [0.25, 0.3) is 0 Å². The molecule has 0 spiro atoms. The van der Waals surface area contributed by atoms with E-state index in [-0.39, 0.29) is 23.0 Å². The number of carbonyl (C=O) groups excluding carboxylic acids is 1. The number of benzene rings is 1. The second-order valence-corrected chi connectivity index (χ2v) is 4.39. The van der Waals surface area contributed by atoms with Crippen molar-refractivity contribution < 1.29 is 14.5 Å². The van der Waals surface area contributed by atoms with Gasteiger partial charge in [-0.2, -0.15) is 0 Å². The molecule has 19 heavy (non-hydrogen) atoms. The maximum absolute atomic E-state index is 11.6. The van der Waals surface area contributed by atoms with Crippen molar-refractivity contribution >= 4 is 23.0 Å². The first-order chi connectivity index (χ1) is 8.88. The summed E-state index contributed by atoms with van der Waals surface area (Å²) in [4.78, 5) is 22.1. The summed E-state index contributed by atoms with van der Waals surface area (Å²) in [6.07, 6.45) is 0. The fraction of sp³-hybridized carbons (Fsp3) is 0.417. The number of ether oxygens (including phenoxy) is 1. The number of nitro groups is 1. The van der Waals surface area contributed by atoms with Gasteiger partial charge in [0.2, 0.25) is 0 Å². The number of hydrogen-bond donors (Lipinski definition) is 2. The van der Waals surface area contributed by atoms with E-state index in [1.54, 1.807) is 6.07 Å². The molecule has 1 rings (SSSR count). The number of nitrogens with zero attached hydrogens (tertiary/aromatic N) is 1. The minimum Gasteiger partial charge on any atom is -0.467 e. The fourth-order valence-corrected chi connectivity index (χ4v) is 1.67. The molecule has 0 fully saturated rings. The van der Waals surface area contributed by atoms with Crippen LogP contribution in [0, 0.1) is 16.0 Å². The number of esters is 1. The number of nitrogens with one attached hydrogen (secondary N) is 1. The summed E-state index contributed by atoms with van der Waals surface area (Å²) in [6, 6.07) is 3.85. The molecule has 0 radical (unpaired) electrons. The lowest BCUT2D eigenvalue weighted by Gasteiger charge is -2.21. The molecule has 7 heteroatoms. The Bertz CT molecular complexity index is 488. The third-order valence-corrected chi connectivity index (χ3v) is 2.68. The number of para-hydroxylation sites is 1. The predicted molar refractivity (Wildman–Crippen MR) is 71.8 cm³/mol. The minimum absolute atomic E-state index is 0.0439. The number of methoxy groups -OCH3 is 1. The van der Waals surface area contributed by atoms with Crippen LogP contribution in [0.2, 0.25) is 0 Å². The highest BCUT2D eigenvalue weighted by atomic mass is 16.6. The van der Waals surface area contributed by atoms with E-state index in [0.29, 0.717) is 0 Å². The highest BCUT2D eigenvalue weighted by molar-refractivity contribution is 5.83. The number of hydrogen-bond acceptors (Lipinski definition) is 6. The van der Waals surface area contributed by atoms with Crippen LogP contribution in [0.15, 0.2) is 18.2 Å². The highest BCUT2D eigenvalue weighted by Crippen LogP contribution is 2.31. The van der Waals surface area contributed by atoms with E-state index in [4.69, 9.17) is 5.73 Å². The molecule has 1 aromatic carbocycles. The first-order valence-electron chi connectivity index (χ1n) is 5.75. The first kappa shape index (κ1) is 14.7. The number of carbonyl (C=O) groups is 1. The molecule has 1 unspecified atom stereocenters. The zero-order chi connectivity index (χ0) is 14.6. The van der Waals surface area contributed by atoms with Crippen molar-refractivity contribution in [2.75, 3.05) is 18.2 Å². The highest BCUT2D eigenvalue weighted by Gasteiger charge is 2.27. The van der Waals surface area contributed by atoms with Crippen molar-refractivity contribution in [3.05, 3.63) is 28.3 Å². The van der Waals surface area contributed by atoms with E-state index in [2.05, 4.69) is 10.1 Å². The Labute approximate surface area is 110 Å². The van der Waals surface area contributed by atoms with Crippen molar-refractivity contribution in [2.24, 2.45) is 5.92 Å². The zero-order valence-electron chi connectivity index (χ0n) is 11.0. The zero-order valence-corrected chi connectivity index (χ0v) is 11.0. The molecule has 1 atom stereocenters. The van der Waals surface area contributed by atoms with E-state index in [1.165, 1.54) is 19.2 Å². The van der Waals surface area contributed by atoms with Gasteiger partial charge in [0.1, 0.15) is 17.4 Å². The number of nitro benzene ring substituents is 1. The van der Waals surface area contributed by atoms with Crippen LogP contribution < -0.4 is 11.1 Å². The number of nitrogens with two attached hydrogens (primary N) is 1. The van der Waals surface area contributed by atoms with E-state index in [9.17, 15) is 14.9 Å². The molecule has 0 saturated heterocycles. The quantitative estimate of drug-likeness (QED) is 0.364. The Hall–Kier alpha value is -2.31. The summed E-state index contributed by atoms with van der Waals surface area (Å²) < 4.78 is 4.67. The SMILES string of the molecule is COC(=O)C(Nc1cccc(N)c1[N+](=O)[O-])C(C)C. The number of nitrogen functional groups attached to an aromatic ring is 1. The maximum atomic E-state index is 11.6. The Balaban J connectivity index is 3.13. The van der Waals surface area contributed by atoms with Crippen LogP contribution in [-0.2, 0) is 9.53 Å². The van der Waals surface area contributed by atoms with Gasteiger partial charge in [0.15, 0.2) is 0 Å². The van der Waals surface area contributed by atoms with Gasteiger partial charge in [0.05, 0.1) is 12.0 Å². The van der Waals surface area contributed by atoms with Crippen LogP contribution in [0.5, 0.6) is 0 Å². The summed E-state index contributed by atoms with van der Waals surface area (Å²) in [5.41, 5.74) is 5.59. The van der Waals surface area contributed by atoms with Crippen molar-refractivity contribution in [1.82, 2.24) is 0 Å². The third-order valence-electron chi connectivity index (χ3n) is 2.68. The van der Waals surface area contributed by atoms with Crippen molar-refractivity contribution in [3.8, 4) is 0 Å². The molecule has 0 aliphatic carbocycles. The van der Waals surface area contributed by atoms with Crippen LogP contribution in [0.4, 0.5) is 17.1 Å². The molecule has 1 aromatic rings. The number of rotatable bonds is 5. The van der Waals surface area contributed by atoms with Crippen LogP contribution >= 0.6 is 0 Å². The molecule has 3 N–H and O–H groups in total. The molecule has 104 valence electrons. The second-order valence-electron chi connectivity index (χ2n) is 4.39. The summed E-state index contributed by atoms with van der Waals surface area (Å²) in [5, 5.41) is 13.8. The van der Waals surface area contributed by atoms with Crippen molar-refractivity contribution in [3.63, 3.8) is 0 Å². The molecule has 7 nitrogen and oxygen atoms in total. The normalized spacial score (nSPS) is 12.0. The fourth-order valence-electron chi connectivity index (χ4n) is 1.67. The molecule has 0 aliphatic heterocycles. The summed E-state index contributed by atoms with van der Waals surface area (Å²) in [6.45, 7) is 3.62. The van der Waals surface area contributed by atoms with Gasteiger partial charge >= 0.3 is 11.7 Å². The predicted octanol–water partition coefficient (Wildman–Crippen LogP) is 1.79. The minimum atomic E-state index is -0.675. The third kappa shape index (κ3) is 3.34. The number of anilines is 2. The molecular formula is C12H17N3O4. The second kappa shape index (κ2) is 6.03. The van der Waals surface area contributed by atoms with E-state index < -0.39 is 16.9 Å². The topological polar surface area (TPSA) is 107 Å². The van der Waals surface area contributed by atoms with Gasteiger partial charge < -0.3 is 15.8 Å². The molecule has 0 aliphatic rings. The molecule has 0 amide bonds.